The number of halogens is 1. The van der Waals surface area contributed by atoms with Crippen LogP contribution >= 0.6 is 28.6 Å². The van der Waals surface area contributed by atoms with Crippen LogP contribution < -0.4 is 5.32 Å². The van der Waals surface area contributed by atoms with Crippen molar-refractivity contribution in [1.29, 1.82) is 0 Å². The normalized spacial score (nSPS) is 9.50. The summed E-state index contributed by atoms with van der Waals surface area (Å²) in [6.45, 7) is 0.516. The molecular formula is C8H8BrNOS. The Morgan fingerprint density at radius 1 is 1.58 bits per heavy atom. The van der Waals surface area contributed by atoms with Crippen molar-refractivity contribution in [2.75, 3.05) is 0 Å². The molecule has 0 aliphatic heterocycles. The van der Waals surface area contributed by atoms with Gasteiger partial charge in [0.05, 0.1) is 0 Å². The first-order valence-corrected chi connectivity index (χ1v) is 4.64. The van der Waals surface area contributed by atoms with Crippen LogP contribution in [0.5, 0.6) is 0 Å². The standard InChI is InChI=1S/C8H8BrNOS/c9-7-3-1-2-6(4-7)5-10-8(11)12/h1-4H,5H2,(H2,10,11,12). The van der Waals surface area contributed by atoms with E-state index in [-0.39, 0.29) is 5.24 Å². The fourth-order valence-electron chi connectivity index (χ4n) is 0.825. The zero-order valence-electron chi connectivity index (χ0n) is 6.25. The molecule has 1 rings (SSSR count). The highest BCUT2D eigenvalue weighted by Gasteiger charge is 1.94. The minimum atomic E-state index is -0.310. The van der Waals surface area contributed by atoms with Crippen LogP contribution in [0.2, 0.25) is 0 Å². The van der Waals surface area contributed by atoms with Gasteiger partial charge in [0.15, 0.2) is 0 Å². The van der Waals surface area contributed by atoms with Crippen LogP contribution in [0.3, 0.4) is 0 Å². The summed E-state index contributed by atoms with van der Waals surface area (Å²) < 4.78 is 1.01. The predicted molar refractivity (Wildman–Crippen MR) is 55.4 cm³/mol. The van der Waals surface area contributed by atoms with Crippen molar-refractivity contribution in [3.8, 4) is 0 Å². The van der Waals surface area contributed by atoms with Crippen molar-refractivity contribution >= 4 is 33.8 Å². The van der Waals surface area contributed by atoms with E-state index >= 15 is 0 Å². The van der Waals surface area contributed by atoms with Crippen LogP contribution in [0.1, 0.15) is 5.56 Å². The third-order valence-electron chi connectivity index (χ3n) is 1.33. The van der Waals surface area contributed by atoms with Crippen LogP contribution in [0.15, 0.2) is 28.7 Å². The van der Waals surface area contributed by atoms with Gasteiger partial charge in [-0.15, -0.1) is 0 Å². The van der Waals surface area contributed by atoms with Gasteiger partial charge in [-0.1, -0.05) is 40.7 Å². The van der Waals surface area contributed by atoms with E-state index < -0.39 is 0 Å². The number of nitrogens with one attached hydrogen (secondary N) is 1. The third kappa shape index (κ3) is 3.28. The number of thiol groups is 1. The summed E-state index contributed by atoms with van der Waals surface area (Å²) in [5.41, 5.74) is 1.05. The fraction of sp³-hybridized carbons (Fsp3) is 0.125. The molecule has 0 saturated carbocycles. The highest BCUT2D eigenvalue weighted by molar-refractivity contribution is 9.10. The molecule has 1 aromatic rings. The number of hydrogen-bond donors (Lipinski definition) is 2. The van der Waals surface area contributed by atoms with Crippen LogP contribution in [0.4, 0.5) is 4.79 Å². The molecule has 0 spiro atoms. The Hall–Kier alpha value is -0.480. The van der Waals surface area contributed by atoms with Gasteiger partial charge in [-0.2, -0.15) is 0 Å². The Morgan fingerprint density at radius 3 is 2.92 bits per heavy atom. The number of rotatable bonds is 2. The molecule has 1 amide bonds. The summed E-state index contributed by atoms with van der Waals surface area (Å²) in [4.78, 5) is 10.4. The molecule has 12 heavy (non-hydrogen) atoms. The second-order valence-corrected chi connectivity index (χ2v) is 3.61. The van der Waals surface area contributed by atoms with E-state index in [9.17, 15) is 4.79 Å². The molecule has 0 unspecified atom stereocenters. The number of benzene rings is 1. The second kappa shape index (κ2) is 4.52. The average molecular weight is 246 g/mol. The van der Waals surface area contributed by atoms with E-state index in [2.05, 4.69) is 33.9 Å². The van der Waals surface area contributed by atoms with Crippen LogP contribution in [0.25, 0.3) is 0 Å². The molecule has 64 valence electrons. The van der Waals surface area contributed by atoms with Crippen molar-refractivity contribution in [2.24, 2.45) is 0 Å². The fourth-order valence-corrected chi connectivity index (χ4v) is 1.35. The van der Waals surface area contributed by atoms with E-state index in [1.165, 1.54) is 0 Å². The number of carbonyl (C=O) groups is 1. The second-order valence-electron chi connectivity index (χ2n) is 2.29. The van der Waals surface area contributed by atoms with Crippen molar-refractivity contribution in [1.82, 2.24) is 5.32 Å². The number of hydrogen-bond acceptors (Lipinski definition) is 1. The summed E-state index contributed by atoms with van der Waals surface area (Å²) in [6.07, 6.45) is 0. The predicted octanol–water partition coefficient (Wildman–Crippen LogP) is 2.59. The number of amides is 1. The van der Waals surface area contributed by atoms with Gasteiger partial charge in [-0.25, -0.2) is 0 Å². The van der Waals surface area contributed by atoms with Gasteiger partial charge < -0.3 is 5.32 Å². The van der Waals surface area contributed by atoms with Crippen LogP contribution in [0, 0.1) is 0 Å². The molecule has 0 aliphatic rings. The Kier molecular flexibility index (Phi) is 3.62. The van der Waals surface area contributed by atoms with Crippen LogP contribution in [-0.2, 0) is 6.54 Å². The molecule has 0 atom stereocenters. The molecule has 0 aliphatic carbocycles. The third-order valence-corrected chi connectivity index (χ3v) is 1.98. The van der Waals surface area contributed by atoms with Crippen molar-refractivity contribution in [3.05, 3.63) is 34.3 Å². The van der Waals surface area contributed by atoms with Crippen molar-refractivity contribution < 1.29 is 4.79 Å². The molecule has 0 aromatic heterocycles. The summed E-state index contributed by atoms with van der Waals surface area (Å²) in [5.74, 6) is 0. The minimum absolute atomic E-state index is 0.310. The lowest BCUT2D eigenvalue weighted by atomic mass is 10.2. The quantitative estimate of drug-likeness (QED) is 0.771. The SMILES string of the molecule is O=C(S)NCc1cccc(Br)c1. The number of carbonyl (C=O) groups excluding carboxylic acids is 1. The lowest BCUT2D eigenvalue weighted by Gasteiger charge is -2.01. The van der Waals surface area contributed by atoms with Gasteiger partial charge in [0.1, 0.15) is 0 Å². The molecule has 0 heterocycles. The first-order chi connectivity index (χ1) is 5.68. The molecule has 0 radical (unpaired) electrons. The van der Waals surface area contributed by atoms with Gasteiger partial charge in [0, 0.05) is 11.0 Å². The van der Waals surface area contributed by atoms with Gasteiger partial charge in [0.25, 0.3) is 5.24 Å². The van der Waals surface area contributed by atoms with E-state index in [1.807, 2.05) is 24.3 Å². The monoisotopic (exact) mass is 245 g/mol. The topological polar surface area (TPSA) is 29.1 Å². The van der Waals surface area contributed by atoms with Crippen molar-refractivity contribution in [2.45, 2.75) is 6.54 Å². The Balaban J connectivity index is 2.57. The summed E-state index contributed by atoms with van der Waals surface area (Å²) in [6, 6.07) is 7.74. The van der Waals surface area contributed by atoms with Gasteiger partial charge in [-0.05, 0) is 17.7 Å². The molecule has 2 nitrogen and oxygen atoms in total. The van der Waals surface area contributed by atoms with E-state index in [4.69, 9.17) is 0 Å². The first kappa shape index (κ1) is 9.61. The lowest BCUT2D eigenvalue weighted by molar-refractivity contribution is 0.260. The van der Waals surface area contributed by atoms with Crippen molar-refractivity contribution in [3.63, 3.8) is 0 Å². The average Bonchev–Trinajstić information content (AvgIpc) is 2.01. The molecular weight excluding hydrogens is 238 g/mol. The van der Waals surface area contributed by atoms with E-state index in [0.29, 0.717) is 6.54 Å². The highest BCUT2D eigenvalue weighted by atomic mass is 79.9. The largest absolute Gasteiger partial charge is 0.343 e. The van der Waals surface area contributed by atoms with Gasteiger partial charge >= 0.3 is 0 Å². The molecule has 4 heteroatoms. The zero-order valence-corrected chi connectivity index (χ0v) is 8.73. The first-order valence-electron chi connectivity index (χ1n) is 3.40. The van der Waals surface area contributed by atoms with Crippen LogP contribution in [-0.4, -0.2) is 5.24 Å². The summed E-state index contributed by atoms with van der Waals surface area (Å²) >= 11 is 6.93. The zero-order chi connectivity index (χ0) is 8.97. The maximum atomic E-state index is 10.4. The van der Waals surface area contributed by atoms with Gasteiger partial charge in [-0.3, -0.25) is 4.79 Å². The Labute approximate surface area is 84.9 Å². The molecule has 0 fully saturated rings. The molecule has 0 saturated heterocycles. The minimum Gasteiger partial charge on any atom is -0.343 e. The maximum Gasteiger partial charge on any atom is 0.276 e. The van der Waals surface area contributed by atoms with Gasteiger partial charge in [0.2, 0.25) is 0 Å². The Bertz CT molecular complexity index is 290. The van der Waals surface area contributed by atoms with E-state index in [0.717, 1.165) is 10.0 Å². The maximum absolute atomic E-state index is 10.4. The highest BCUT2D eigenvalue weighted by Crippen LogP contribution is 2.11. The molecule has 1 aromatic carbocycles. The summed E-state index contributed by atoms with van der Waals surface area (Å²) in [5, 5.41) is 2.28. The van der Waals surface area contributed by atoms with E-state index in [1.54, 1.807) is 0 Å². The smallest absolute Gasteiger partial charge is 0.276 e. The molecule has 0 bridgehead atoms. The Morgan fingerprint density at radius 2 is 2.33 bits per heavy atom. The molecule has 1 N–H and O–H groups in total. The summed E-state index contributed by atoms with van der Waals surface area (Å²) in [7, 11) is 0. The lowest BCUT2D eigenvalue weighted by Crippen LogP contribution is -2.15.